The number of anilines is 2. The maximum atomic E-state index is 11.7. The molecule has 1 amide bonds. The molecule has 0 saturated carbocycles. The Kier molecular flexibility index (Phi) is 5.00. The molecule has 102 valence electrons. The van der Waals surface area contributed by atoms with E-state index in [2.05, 4.69) is 17.3 Å². The normalized spacial score (nSPS) is 10.4. The van der Waals surface area contributed by atoms with Crippen LogP contribution in [0.15, 0.2) is 0 Å². The van der Waals surface area contributed by atoms with Crippen molar-refractivity contribution in [1.29, 1.82) is 0 Å². The highest BCUT2D eigenvalue weighted by molar-refractivity contribution is 5.81. The molecule has 6 nitrogen and oxygen atoms in total. The second kappa shape index (κ2) is 6.28. The highest BCUT2D eigenvalue weighted by Gasteiger charge is 2.13. The van der Waals surface area contributed by atoms with E-state index in [-0.39, 0.29) is 12.5 Å². The summed E-state index contributed by atoms with van der Waals surface area (Å²) in [6.45, 7) is 7.61. The minimum Gasteiger partial charge on any atom is -0.394 e. The molecule has 3 N–H and O–H groups in total. The molecule has 0 saturated heterocycles. The van der Waals surface area contributed by atoms with Crippen molar-refractivity contribution < 1.29 is 4.79 Å². The summed E-state index contributed by atoms with van der Waals surface area (Å²) in [6.07, 6.45) is 0.970. The first-order valence-electron chi connectivity index (χ1n) is 6.31. The zero-order valence-electron chi connectivity index (χ0n) is 11.7. The zero-order chi connectivity index (χ0) is 13.7. The van der Waals surface area contributed by atoms with Gasteiger partial charge in [0.2, 0.25) is 5.91 Å². The number of aryl methyl sites for hydroxylation is 2. The second-order valence-corrected chi connectivity index (χ2v) is 4.33. The van der Waals surface area contributed by atoms with Gasteiger partial charge in [-0.3, -0.25) is 4.79 Å². The minimum absolute atomic E-state index is 0.0406. The molecule has 0 unspecified atom stereocenters. The van der Waals surface area contributed by atoms with Gasteiger partial charge < -0.3 is 16.0 Å². The topological polar surface area (TPSA) is 76.2 Å². The first-order valence-corrected chi connectivity index (χ1v) is 6.31. The van der Waals surface area contributed by atoms with E-state index in [1.807, 2.05) is 18.5 Å². The van der Waals surface area contributed by atoms with Crippen molar-refractivity contribution >= 4 is 17.4 Å². The van der Waals surface area contributed by atoms with Crippen molar-refractivity contribution in [3.63, 3.8) is 0 Å². The molecular formula is C12H23N5O. The number of hydrogen-bond donors (Lipinski definition) is 2. The van der Waals surface area contributed by atoms with Crippen molar-refractivity contribution in [2.45, 2.75) is 33.7 Å². The van der Waals surface area contributed by atoms with Crippen LogP contribution in [0.1, 0.15) is 26.0 Å². The third-order valence-electron chi connectivity index (χ3n) is 2.92. The summed E-state index contributed by atoms with van der Waals surface area (Å²) in [7, 11) is 1.78. The fraction of sp³-hybridized carbons (Fsp3) is 0.667. The number of likely N-dealkylation sites (N-methyl/N-ethyl adjacent to an activating group) is 1. The highest BCUT2D eigenvalue weighted by atomic mass is 16.2. The lowest BCUT2D eigenvalue weighted by Crippen LogP contribution is -2.32. The first-order chi connectivity index (χ1) is 8.51. The lowest BCUT2D eigenvalue weighted by molar-refractivity contribution is -0.127. The van der Waals surface area contributed by atoms with Crippen LogP contribution in [-0.2, 0) is 11.3 Å². The monoisotopic (exact) mass is 253 g/mol. The van der Waals surface area contributed by atoms with Crippen molar-refractivity contribution in [3.05, 3.63) is 5.69 Å². The van der Waals surface area contributed by atoms with E-state index >= 15 is 0 Å². The molecule has 0 atom stereocenters. The molecule has 0 spiro atoms. The summed E-state index contributed by atoms with van der Waals surface area (Å²) in [5.74, 6) is 0.783. The number of nitrogens with two attached hydrogens (primary N) is 1. The summed E-state index contributed by atoms with van der Waals surface area (Å²) in [6, 6.07) is 0. The number of nitrogens with zero attached hydrogens (tertiary/aromatic N) is 3. The number of carbonyl (C=O) groups excluding carboxylic acids is 1. The number of carbonyl (C=O) groups is 1. The second-order valence-electron chi connectivity index (χ2n) is 4.33. The molecule has 1 aromatic rings. The molecule has 0 aliphatic rings. The molecular weight excluding hydrogens is 230 g/mol. The molecule has 1 rings (SSSR count). The largest absolute Gasteiger partial charge is 0.394 e. The number of nitrogen functional groups attached to an aromatic ring is 1. The summed E-state index contributed by atoms with van der Waals surface area (Å²) in [5, 5.41) is 7.43. The Labute approximate surface area is 108 Å². The van der Waals surface area contributed by atoms with Gasteiger partial charge in [0.05, 0.1) is 17.9 Å². The number of amides is 1. The maximum absolute atomic E-state index is 11.7. The van der Waals surface area contributed by atoms with Gasteiger partial charge >= 0.3 is 0 Å². The zero-order valence-corrected chi connectivity index (χ0v) is 11.7. The Morgan fingerprint density at radius 1 is 1.50 bits per heavy atom. The van der Waals surface area contributed by atoms with E-state index in [4.69, 9.17) is 5.73 Å². The predicted octanol–water partition coefficient (Wildman–Crippen LogP) is 1.07. The van der Waals surface area contributed by atoms with Crippen LogP contribution in [0.5, 0.6) is 0 Å². The third-order valence-corrected chi connectivity index (χ3v) is 2.92. The van der Waals surface area contributed by atoms with Gasteiger partial charge in [-0.2, -0.15) is 5.10 Å². The van der Waals surface area contributed by atoms with Crippen LogP contribution >= 0.6 is 0 Å². The summed E-state index contributed by atoms with van der Waals surface area (Å²) in [5.41, 5.74) is 7.37. The third kappa shape index (κ3) is 3.15. The predicted molar refractivity (Wildman–Crippen MR) is 73.5 cm³/mol. The van der Waals surface area contributed by atoms with E-state index in [0.29, 0.717) is 12.2 Å². The van der Waals surface area contributed by atoms with Crippen LogP contribution in [0.25, 0.3) is 0 Å². The van der Waals surface area contributed by atoms with Crippen LogP contribution < -0.4 is 11.1 Å². The Hall–Kier alpha value is -1.72. The van der Waals surface area contributed by atoms with Crippen LogP contribution in [0.3, 0.4) is 0 Å². The number of aromatic nitrogens is 2. The Bertz CT molecular complexity index is 413. The van der Waals surface area contributed by atoms with Gasteiger partial charge in [-0.1, -0.05) is 6.92 Å². The molecule has 0 aliphatic heterocycles. The SMILES string of the molecule is CCCn1nc(C)c(N)c1NCC(=O)N(C)CC. The van der Waals surface area contributed by atoms with Crippen molar-refractivity contribution in [3.8, 4) is 0 Å². The van der Waals surface area contributed by atoms with E-state index in [1.54, 1.807) is 11.9 Å². The van der Waals surface area contributed by atoms with Gasteiger partial charge in [-0.05, 0) is 20.3 Å². The molecule has 1 heterocycles. The van der Waals surface area contributed by atoms with Crippen LogP contribution in [0.2, 0.25) is 0 Å². The first kappa shape index (κ1) is 14.3. The molecule has 6 heteroatoms. The Balaban J connectivity index is 2.74. The van der Waals surface area contributed by atoms with E-state index in [9.17, 15) is 4.79 Å². The smallest absolute Gasteiger partial charge is 0.241 e. The molecule has 0 radical (unpaired) electrons. The lowest BCUT2D eigenvalue weighted by Gasteiger charge is -2.16. The van der Waals surface area contributed by atoms with Crippen molar-refractivity contribution in [2.75, 3.05) is 31.2 Å². The van der Waals surface area contributed by atoms with Gasteiger partial charge in [-0.15, -0.1) is 0 Å². The van der Waals surface area contributed by atoms with E-state index in [1.165, 1.54) is 0 Å². The minimum atomic E-state index is 0.0406. The average Bonchev–Trinajstić information content (AvgIpc) is 2.62. The fourth-order valence-electron chi connectivity index (χ4n) is 1.63. The van der Waals surface area contributed by atoms with Gasteiger partial charge in [0.1, 0.15) is 5.82 Å². The van der Waals surface area contributed by atoms with Crippen LogP contribution in [-0.4, -0.2) is 40.7 Å². The summed E-state index contributed by atoms with van der Waals surface area (Å²) >= 11 is 0. The summed E-state index contributed by atoms with van der Waals surface area (Å²) in [4.78, 5) is 13.4. The van der Waals surface area contributed by atoms with Crippen LogP contribution in [0, 0.1) is 6.92 Å². The number of rotatable bonds is 6. The highest BCUT2D eigenvalue weighted by Crippen LogP contribution is 2.22. The number of nitrogens with one attached hydrogen (secondary N) is 1. The van der Waals surface area contributed by atoms with E-state index in [0.717, 1.165) is 24.5 Å². The summed E-state index contributed by atoms with van der Waals surface area (Å²) < 4.78 is 1.82. The Morgan fingerprint density at radius 2 is 2.17 bits per heavy atom. The fourth-order valence-corrected chi connectivity index (χ4v) is 1.63. The molecule has 18 heavy (non-hydrogen) atoms. The number of hydrogen-bond acceptors (Lipinski definition) is 4. The quantitative estimate of drug-likeness (QED) is 0.795. The van der Waals surface area contributed by atoms with Gasteiger partial charge in [0.25, 0.3) is 0 Å². The lowest BCUT2D eigenvalue weighted by atomic mass is 10.3. The van der Waals surface area contributed by atoms with Crippen molar-refractivity contribution in [2.24, 2.45) is 0 Å². The molecule has 0 aromatic carbocycles. The molecule has 0 bridgehead atoms. The van der Waals surface area contributed by atoms with Crippen LogP contribution in [0.4, 0.5) is 11.5 Å². The van der Waals surface area contributed by atoms with Crippen molar-refractivity contribution in [1.82, 2.24) is 14.7 Å². The van der Waals surface area contributed by atoms with Gasteiger partial charge in [0.15, 0.2) is 0 Å². The molecule has 0 fully saturated rings. The Morgan fingerprint density at radius 3 is 2.72 bits per heavy atom. The maximum Gasteiger partial charge on any atom is 0.241 e. The van der Waals surface area contributed by atoms with Gasteiger partial charge in [-0.25, -0.2) is 4.68 Å². The molecule has 1 aromatic heterocycles. The molecule has 0 aliphatic carbocycles. The standard InChI is InChI=1S/C12H23N5O/c1-5-7-17-12(11(13)9(3)15-17)14-8-10(18)16(4)6-2/h14H,5-8,13H2,1-4H3. The average molecular weight is 253 g/mol. The van der Waals surface area contributed by atoms with E-state index < -0.39 is 0 Å². The van der Waals surface area contributed by atoms with Gasteiger partial charge in [0, 0.05) is 20.1 Å².